The van der Waals surface area contributed by atoms with E-state index in [9.17, 15) is 9.59 Å². The molecule has 0 radical (unpaired) electrons. The maximum Gasteiger partial charge on any atom is 0.261 e. The van der Waals surface area contributed by atoms with Gasteiger partial charge >= 0.3 is 0 Å². The lowest BCUT2D eigenvalue weighted by Crippen LogP contribution is -2.51. The SMILES string of the molecule is CC[C@@H](C)NC(=O)[C@H](CC)N(Cc1ccccc1Cl)C(=O)COc1cc(C)cc(C)c1. The van der Waals surface area contributed by atoms with E-state index in [1.807, 2.05) is 71.0 Å². The Kier molecular flexibility index (Phi) is 9.38. The molecular weight excluding hydrogens is 412 g/mol. The maximum absolute atomic E-state index is 13.2. The van der Waals surface area contributed by atoms with E-state index in [1.54, 1.807) is 11.0 Å². The lowest BCUT2D eigenvalue weighted by Gasteiger charge is -2.31. The Morgan fingerprint density at radius 1 is 1.06 bits per heavy atom. The van der Waals surface area contributed by atoms with E-state index in [0.29, 0.717) is 17.2 Å². The first kappa shape index (κ1) is 24.7. The molecule has 6 heteroatoms. The number of hydrogen-bond donors (Lipinski definition) is 1. The van der Waals surface area contributed by atoms with Gasteiger partial charge in [0.1, 0.15) is 11.8 Å². The fraction of sp³-hybridized carbons (Fsp3) is 0.440. The second-order valence-electron chi connectivity index (χ2n) is 7.97. The van der Waals surface area contributed by atoms with E-state index >= 15 is 0 Å². The van der Waals surface area contributed by atoms with Crippen molar-refractivity contribution in [2.24, 2.45) is 0 Å². The zero-order valence-corrected chi connectivity index (χ0v) is 19.8. The molecule has 2 aromatic carbocycles. The number of rotatable bonds is 10. The van der Waals surface area contributed by atoms with Crippen molar-refractivity contribution < 1.29 is 14.3 Å². The van der Waals surface area contributed by atoms with E-state index in [4.69, 9.17) is 16.3 Å². The summed E-state index contributed by atoms with van der Waals surface area (Å²) < 4.78 is 5.80. The average molecular weight is 445 g/mol. The summed E-state index contributed by atoms with van der Waals surface area (Å²) in [5.74, 6) is 0.217. The maximum atomic E-state index is 13.2. The average Bonchev–Trinajstić information content (AvgIpc) is 2.72. The van der Waals surface area contributed by atoms with Crippen LogP contribution < -0.4 is 10.1 Å². The molecule has 31 heavy (non-hydrogen) atoms. The normalized spacial score (nSPS) is 12.7. The molecule has 0 aromatic heterocycles. The monoisotopic (exact) mass is 444 g/mol. The van der Waals surface area contributed by atoms with Gasteiger partial charge in [-0.05, 0) is 68.5 Å². The van der Waals surface area contributed by atoms with Crippen molar-refractivity contribution in [1.82, 2.24) is 10.2 Å². The van der Waals surface area contributed by atoms with Gasteiger partial charge < -0.3 is 15.0 Å². The Balaban J connectivity index is 2.25. The first-order chi connectivity index (χ1) is 14.7. The molecule has 5 nitrogen and oxygen atoms in total. The predicted molar refractivity (Wildman–Crippen MR) is 125 cm³/mol. The lowest BCUT2D eigenvalue weighted by atomic mass is 10.1. The first-order valence-electron chi connectivity index (χ1n) is 10.8. The third-order valence-electron chi connectivity index (χ3n) is 5.24. The van der Waals surface area contributed by atoms with Crippen molar-refractivity contribution in [3.8, 4) is 5.75 Å². The Labute approximate surface area is 190 Å². The van der Waals surface area contributed by atoms with Crippen LogP contribution in [-0.2, 0) is 16.1 Å². The third kappa shape index (κ3) is 7.28. The molecule has 0 saturated heterocycles. The van der Waals surface area contributed by atoms with Crippen molar-refractivity contribution in [3.63, 3.8) is 0 Å². The van der Waals surface area contributed by atoms with Gasteiger partial charge in [0.05, 0.1) is 0 Å². The molecular formula is C25H33ClN2O3. The van der Waals surface area contributed by atoms with Gasteiger partial charge in [-0.1, -0.05) is 49.7 Å². The van der Waals surface area contributed by atoms with Crippen molar-refractivity contribution in [1.29, 1.82) is 0 Å². The first-order valence-corrected chi connectivity index (χ1v) is 11.2. The molecule has 2 atom stereocenters. The van der Waals surface area contributed by atoms with E-state index in [2.05, 4.69) is 5.32 Å². The summed E-state index contributed by atoms with van der Waals surface area (Å²) in [7, 11) is 0. The molecule has 168 valence electrons. The van der Waals surface area contributed by atoms with E-state index < -0.39 is 6.04 Å². The summed E-state index contributed by atoms with van der Waals surface area (Å²) in [6.45, 7) is 9.92. The van der Waals surface area contributed by atoms with Gasteiger partial charge in [-0.3, -0.25) is 9.59 Å². The smallest absolute Gasteiger partial charge is 0.261 e. The minimum Gasteiger partial charge on any atom is -0.484 e. The van der Waals surface area contributed by atoms with Gasteiger partial charge in [-0.2, -0.15) is 0 Å². The number of nitrogens with one attached hydrogen (secondary N) is 1. The van der Waals surface area contributed by atoms with Crippen LogP contribution in [0.5, 0.6) is 5.75 Å². The molecule has 2 rings (SSSR count). The number of hydrogen-bond acceptors (Lipinski definition) is 3. The van der Waals surface area contributed by atoms with Crippen LogP contribution in [0.3, 0.4) is 0 Å². The van der Waals surface area contributed by atoms with Crippen LogP contribution in [-0.4, -0.2) is 35.4 Å². The Morgan fingerprint density at radius 2 is 1.71 bits per heavy atom. The van der Waals surface area contributed by atoms with Gasteiger partial charge in [0.15, 0.2) is 6.61 Å². The minimum atomic E-state index is -0.611. The van der Waals surface area contributed by atoms with Gasteiger partial charge in [-0.15, -0.1) is 0 Å². The molecule has 0 aliphatic carbocycles. The van der Waals surface area contributed by atoms with Gasteiger partial charge in [0.25, 0.3) is 5.91 Å². The van der Waals surface area contributed by atoms with Gasteiger partial charge in [0.2, 0.25) is 5.91 Å². The molecule has 0 spiro atoms. The molecule has 0 unspecified atom stereocenters. The van der Waals surface area contributed by atoms with Crippen molar-refractivity contribution in [3.05, 3.63) is 64.2 Å². The molecule has 0 bridgehead atoms. The van der Waals surface area contributed by atoms with Crippen LogP contribution in [0.25, 0.3) is 0 Å². The summed E-state index contributed by atoms with van der Waals surface area (Å²) >= 11 is 6.35. The predicted octanol–water partition coefficient (Wildman–Crippen LogP) is 5.06. The highest BCUT2D eigenvalue weighted by Crippen LogP contribution is 2.21. The third-order valence-corrected chi connectivity index (χ3v) is 5.61. The minimum absolute atomic E-state index is 0.0327. The molecule has 0 saturated carbocycles. The van der Waals surface area contributed by atoms with Crippen molar-refractivity contribution in [2.75, 3.05) is 6.61 Å². The van der Waals surface area contributed by atoms with E-state index in [1.165, 1.54) is 0 Å². The number of carbonyl (C=O) groups excluding carboxylic acids is 2. The Bertz CT molecular complexity index is 880. The summed E-state index contributed by atoms with van der Waals surface area (Å²) in [6.07, 6.45) is 1.30. The summed E-state index contributed by atoms with van der Waals surface area (Å²) in [4.78, 5) is 27.8. The van der Waals surface area contributed by atoms with Gasteiger partial charge in [0, 0.05) is 17.6 Å². The fourth-order valence-electron chi connectivity index (χ4n) is 3.41. The van der Waals surface area contributed by atoms with Crippen LogP contribution in [0.1, 0.15) is 50.3 Å². The molecule has 2 amide bonds. The van der Waals surface area contributed by atoms with Crippen LogP contribution in [0.2, 0.25) is 5.02 Å². The molecule has 0 heterocycles. The van der Waals surface area contributed by atoms with E-state index in [-0.39, 0.29) is 31.0 Å². The van der Waals surface area contributed by atoms with Crippen LogP contribution in [0, 0.1) is 13.8 Å². The Hall–Kier alpha value is -2.53. The lowest BCUT2D eigenvalue weighted by molar-refractivity contribution is -0.143. The van der Waals surface area contributed by atoms with Crippen molar-refractivity contribution in [2.45, 2.75) is 66.1 Å². The molecule has 0 fully saturated rings. The summed E-state index contributed by atoms with van der Waals surface area (Å²) in [5, 5.41) is 3.56. The molecule has 2 aromatic rings. The number of halogens is 1. The largest absolute Gasteiger partial charge is 0.484 e. The second kappa shape index (κ2) is 11.8. The number of carbonyl (C=O) groups is 2. The Morgan fingerprint density at radius 3 is 2.29 bits per heavy atom. The van der Waals surface area contributed by atoms with Crippen molar-refractivity contribution >= 4 is 23.4 Å². The highest BCUT2D eigenvalue weighted by atomic mass is 35.5. The standard InChI is InChI=1S/C25H33ClN2O3/c1-6-19(5)27-25(30)23(7-2)28(15-20-10-8-9-11-22(20)26)24(29)16-31-21-13-17(3)12-18(4)14-21/h8-14,19,23H,6-7,15-16H2,1-5H3,(H,27,30)/t19-,23+/m1/s1. The summed E-state index contributed by atoms with van der Waals surface area (Å²) in [5.41, 5.74) is 2.92. The zero-order valence-electron chi connectivity index (χ0n) is 19.1. The quantitative estimate of drug-likeness (QED) is 0.557. The molecule has 0 aliphatic rings. The molecule has 1 N–H and O–H groups in total. The van der Waals surface area contributed by atoms with Gasteiger partial charge in [-0.25, -0.2) is 0 Å². The fourth-order valence-corrected chi connectivity index (χ4v) is 3.61. The highest BCUT2D eigenvalue weighted by molar-refractivity contribution is 6.31. The number of nitrogens with zero attached hydrogens (tertiary/aromatic N) is 1. The molecule has 0 aliphatic heterocycles. The number of ether oxygens (including phenoxy) is 1. The van der Waals surface area contributed by atoms with Crippen LogP contribution >= 0.6 is 11.6 Å². The number of amides is 2. The zero-order chi connectivity index (χ0) is 23.0. The second-order valence-corrected chi connectivity index (χ2v) is 8.37. The van der Waals surface area contributed by atoms with Crippen LogP contribution in [0.15, 0.2) is 42.5 Å². The topological polar surface area (TPSA) is 58.6 Å². The van der Waals surface area contributed by atoms with E-state index in [0.717, 1.165) is 23.1 Å². The number of benzene rings is 2. The number of aryl methyl sites for hydroxylation is 2. The highest BCUT2D eigenvalue weighted by Gasteiger charge is 2.30. The van der Waals surface area contributed by atoms with Crippen LogP contribution in [0.4, 0.5) is 0 Å². The summed E-state index contributed by atoms with van der Waals surface area (Å²) in [6, 6.07) is 12.6.